The second-order valence-corrected chi connectivity index (χ2v) is 7.95. The number of hydrogen-bond donors (Lipinski definition) is 0. The Morgan fingerprint density at radius 2 is 1.97 bits per heavy atom. The van der Waals surface area contributed by atoms with Crippen LogP contribution in [0.5, 0.6) is 0 Å². The van der Waals surface area contributed by atoms with E-state index in [1.165, 1.54) is 12.1 Å². The van der Waals surface area contributed by atoms with Gasteiger partial charge in [0, 0.05) is 38.6 Å². The normalized spacial score (nSPS) is 15.9. The molecule has 8 heteroatoms. The maximum Gasteiger partial charge on any atom is 0.257 e. The Bertz CT molecular complexity index is 1130. The third-order valence-corrected chi connectivity index (χ3v) is 5.50. The Morgan fingerprint density at radius 1 is 1.16 bits per heavy atom. The average Bonchev–Trinajstić information content (AvgIpc) is 3.22. The molecule has 31 heavy (non-hydrogen) atoms. The molecule has 1 saturated heterocycles. The summed E-state index contributed by atoms with van der Waals surface area (Å²) in [5, 5.41) is 0. The molecule has 0 bridgehead atoms. The Labute approximate surface area is 181 Å². The van der Waals surface area contributed by atoms with Gasteiger partial charge in [-0.1, -0.05) is 12.1 Å². The van der Waals surface area contributed by atoms with Crippen LogP contribution in [-0.4, -0.2) is 51.4 Å². The van der Waals surface area contributed by atoms with E-state index in [0.717, 1.165) is 24.1 Å². The predicted molar refractivity (Wildman–Crippen MR) is 116 cm³/mol. The number of carbonyl (C=O) groups excluding carboxylic acids is 1. The molecule has 160 valence electrons. The second-order valence-electron chi connectivity index (χ2n) is 7.95. The summed E-state index contributed by atoms with van der Waals surface area (Å²) >= 11 is 0. The zero-order valence-electron chi connectivity index (χ0n) is 18.1. The van der Waals surface area contributed by atoms with Gasteiger partial charge in [0.25, 0.3) is 5.91 Å². The van der Waals surface area contributed by atoms with E-state index >= 15 is 0 Å². The van der Waals surface area contributed by atoms with Crippen LogP contribution in [0.3, 0.4) is 0 Å². The number of likely N-dealkylation sites (tertiary alicyclic amines) is 1. The maximum absolute atomic E-state index is 13.9. The van der Waals surface area contributed by atoms with Crippen LogP contribution in [0.4, 0.5) is 10.3 Å². The van der Waals surface area contributed by atoms with Crippen molar-refractivity contribution in [1.29, 1.82) is 0 Å². The summed E-state index contributed by atoms with van der Waals surface area (Å²) in [5.74, 6) is 0.735. The van der Waals surface area contributed by atoms with E-state index in [1.807, 2.05) is 36.9 Å². The van der Waals surface area contributed by atoms with E-state index in [4.69, 9.17) is 4.98 Å². The lowest BCUT2D eigenvalue weighted by atomic mass is 9.99. The number of hydrogen-bond acceptors (Lipinski definition) is 6. The Balaban J connectivity index is 1.79. The van der Waals surface area contributed by atoms with Crippen molar-refractivity contribution in [3.8, 4) is 11.1 Å². The predicted octanol–water partition coefficient (Wildman–Crippen LogP) is 3.73. The number of rotatable bonds is 4. The summed E-state index contributed by atoms with van der Waals surface area (Å²) in [5.41, 5.74) is 3.29. The molecule has 7 nitrogen and oxygen atoms in total. The van der Waals surface area contributed by atoms with Crippen molar-refractivity contribution in [1.82, 2.24) is 24.8 Å². The van der Waals surface area contributed by atoms with E-state index in [0.29, 0.717) is 35.1 Å². The van der Waals surface area contributed by atoms with Gasteiger partial charge in [0.1, 0.15) is 11.6 Å². The van der Waals surface area contributed by atoms with Crippen molar-refractivity contribution in [3.05, 3.63) is 65.3 Å². The van der Waals surface area contributed by atoms with Crippen LogP contribution in [0.2, 0.25) is 0 Å². The molecule has 1 fully saturated rings. The Kier molecular flexibility index (Phi) is 5.63. The molecular formula is C23H25FN6O. The molecular weight excluding hydrogens is 395 g/mol. The molecule has 4 rings (SSSR count). The molecule has 1 aromatic carbocycles. The summed E-state index contributed by atoms with van der Waals surface area (Å²) in [7, 11) is 3.73. The van der Waals surface area contributed by atoms with E-state index in [2.05, 4.69) is 15.0 Å². The standard InChI is InChI=1S/C23H25FN6O/c1-14-18(12-25-15(2)27-14)22(31)30-10-6-9-20(30)21-19(13-26-23(28-21)29(3)4)16-7-5-8-17(24)11-16/h5,7-8,11-13,20H,6,9-10H2,1-4H3. The first-order valence-corrected chi connectivity index (χ1v) is 10.3. The molecule has 0 radical (unpaired) electrons. The fourth-order valence-electron chi connectivity index (χ4n) is 3.98. The highest BCUT2D eigenvalue weighted by Crippen LogP contribution is 2.38. The monoisotopic (exact) mass is 420 g/mol. The molecule has 0 N–H and O–H groups in total. The fraction of sp³-hybridized carbons (Fsp3) is 0.348. The number of amides is 1. The molecule has 1 amide bonds. The summed E-state index contributed by atoms with van der Waals surface area (Å²) in [6.07, 6.45) is 4.93. The van der Waals surface area contributed by atoms with E-state index in [9.17, 15) is 9.18 Å². The van der Waals surface area contributed by atoms with Crippen LogP contribution >= 0.6 is 0 Å². The molecule has 1 aliphatic rings. The topological polar surface area (TPSA) is 75.1 Å². The molecule has 0 saturated carbocycles. The van der Waals surface area contributed by atoms with Gasteiger partial charge in [-0.25, -0.2) is 24.3 Å². The maximum atomic E-state index is 13.9. The van der Waals surface area contributed by atoms with Crippen LogP contribution in [0, 0.1) is 19.7 Å². The van der Waals surface area contributed by atoms with Gasteiger partial charge >= 0.3 is 0 Å². The fourth-order valence-corrected chi connectivity index (χ4v) is 3.98. The highest BCUT2D eigenvalue weighted by molar-refractivity contribution is 5.95. The number of aromatic nitrogens is 4. The summed E-state index contributed by atoms with van der Waals surface area (Å²) < 4.78 is 13.9. The minimum absolute atomic E-state index is 0.116. The van der Waals surface area contributed by atoms with Crippen molar-refractivity contribution in [2.75, 3.05) is 25.5 Å². The third kappa shape index (κ3) is 4.10. The zero-order valence-corrected chi connectivity index (χ0v) is 18.1. The summed E-state index contributed by atoms with van der Waals surface area (Å²) in [6.45, 7) is 4.23. The molecule has 3 aromatic rings. The molecule has 1 atom stereocenters. The first-order chi connectivity index (χ1) is 14.8. The van der Waals surface area contributed by atoms with Crippen molar-refractivity contribution >= 4 is 11.9 Å². The molecule has 1 aliphatic heterocycles. The van der Waals surface area contributed by atoms with Gasteiger partial charge in [0.2, 0.25) is 5.95 Å². The van der Waals surface area contributed by atoms with Gasteiger partial charge in [0.05, 0.1) is 23.0 Å². The largest absolute Gasteiger partial charge is 0.347 e. The lowest BCUT2D eigenvalue weighted by molar-refractivity contribution is 0.0731. The Morgan fingerprint density at radius 3 is 2.68 bits per heavy atom. The molecule has 0 spiro atoms. The van der Waals surface area contributed by atoms with Crippen molar-refractivity contribution < 1.29 is 9.18 Å². The van der Waals surface area contributed by atoms with Crippen LogP contribution in [-0.2, 0) is 0 Å². The van der Waals surface area contributed by atoms with E-state index in [-0.39, 0.29) is 17.8 Å². The molecule has 3 heterocycles. The van der Waals surface area contributed by atoms with Gasteiger partial charge in [-0.3, -0.25) is 4.79 Å². The average molecular weight is 420 g/mol. The van der Waals surface area contributed by atoms with Gasteiger partial charge in [-0.05, 0) is 44.4 Å². The SMILES string of the molecule is Cc1ncc(C(=O)N2CCCC2c2nc(N(C)C)ncc2-c2cccc(F)c2)c(C)n1. The minimum Gasteiger partial charge on any atom is -0.347 e. The van der Waals surface area contributed by atoms with Crippen molar-refractivity contribution in [3.63, 3.8) is 0 Å². The quantitative estimate of drug-likeness (QED) is 0.640. The van der Waals surface area contributed by atoms with Gasteiger partial charge in [0.15, 0.2) is 0 Å². The third-order valence-electron chi connectivity index (χ3n) is 5.50. The number of halogens is 1. The van der Waals surface area contributed by atoms with Crippen molar-refractivity contribution in [2.45, 2.75) is 32.7 Å². The summed E-state index contributed by atoms with van der Waals surface area (Å²) in [4.78, 5) is 34.8. The van der Waals surface area contributed by atoms with E-state index < -0.39 is 0 Å². The van der Waals surface area contributed by atoms with Crippen LogP contribution in [0.1, 0.15) is 46.5 Å². The zero-order chi connectivity index (χ0) is 22.1. The molecule has 1 unspecified atom stereocenters. The highest BCUT2D eigenvalue weighted by Gasteiger charge is 2.34. The number of carbonyl (C=O) groups is 1. The first kappa shape index (κ1) is 20.8. The number of aryl methyl sites for hydroxylation is 2. The summed E-state index contributed by atoms with van der Waals surface area (Å²) in [6, 6.07) is 6.13. The van der Waals surface area contributed by atoms with Crippen molar-refractivity contribution in [2.24, 2.45) is 0 Å². The van der Waals surface area contributed by atoms with E-state index in [1.54, 1.807) is 25.4 Å². The highest BCUT2D eigenvalue weighted by atomic mass is 19.1. The lowest BCUT2D eigenvalue weighted by Gasteiger charge is -2.27. The lowest BCUT2D eigenvalue weighted by Crippen LogP contribution is -2.32. The van der Waals surface area contributed by atoms with Gasteiger partial charge in [-0.2, -0.15) is 0 Å². The van der Waals surface area contributed by atoms with Crippen LogP contribution in [0.25, 0.3) is 11.1 Å². The van der Waals surface area contributed by atoms with Gasteiger partial charge in [-0.15, -0.1) is 0 Å². The van der Waals surface area contributed by atoms with Crippen LogP contribution in [0.15, 0.2) is 36.7 Å². The first-order valence-electron chi connectivity index (χ1n) is 10.3. The smallest absolute Gasteiger partial charge is 0.257 e. The Hall–Kier alpha value is -3.42. The minimum atomic E-state index is -0.327. The van der Waals surface area contributed by atoms with Gasteiger partial charge < -0.3 is 9.80 Å². The number of nitrogens with zero attached hydrogens (tertiary/aromatic N) is 6. The molecule has 2 aromatic heterocycles. The molecule has 0 aliphatic carbocycles. The number of benzene rings is 1. The number of anilines is 1. The second kappa shape index (κ2) is 8.37. The van der Waals surface area contributed by atoms with Crippen LogP contribution < -0.4 is 4.90 Å².